The van der Waals surface area contributed by atoms with Gasteiger partial charge in [-0.25, -0.2) is 0 Å². The number of carbonyl (C=O) groups is 1. The number of benzene rings is 1. The number of rotatable bonds is 6. The number of halogens is 1. The largest absolute Gasteiger partial charge is 0.370 e. The Balaban J connectivity index is 2.53. The number of nitrogens with zero attached hydrogens (tertiary/aromatic N) is 1. The Morgan fingerprint density at radius 3 is 2.94 bits per heavy atom. The van der Waals surface area contributed by atoms with Crippen molar-refractivity contribution in [1.82, 2.24) is 0 Å². The Kier molecular flexibility index (Phi) is 5.38. The zero-order chi connectivity index (χ0) is 12.7. The van der Waals surface area contributed by atoms with Gasteiger partial charge in [0.1, 0.15) is 6.61 Å². The second-order valence-electron chi connectivity index (χ2n) is 3.10. The summed E-state index contributed by atoms with van der Waals surface area (Å²) in [4.78, 5) is 21.3. The molecule has 17 heavy (non-hydrogen) atoms. The van der Waals surface area contributed by atoms with E-state index in [0.717, 1.165) is 0 Å². The maximum Gasteiger partial charge on any atom is 0.271 e. The average Bonchev–Trinajstić information content (AvgIpc) is 2.29. The Bertz CT molecular complexity index is 411. The molecule has 1 N–H and O–H groups in total. The minimum atomic E-state index is -0.528. The van der Waals surface area contributed by atoms with Crippen LogP contribution in [0.25, 0.3) is 0 Å². The van der Waals surface area contributed by atoms with E-state index in [1.807, 2.05) is 0 Å². The first-order chi connectivity index (χ1) is 8.13. The number of nitrogens with one attached hydrogen (secondary N) is 1. The van der Waals surface area contributed by atoms with Crippen LogP contribution in [-0.2, 0) is 9.53 Å². The van der Waals surface area contributed by atoms with Crippen LogP contribution in [0.3, 0.4) is 0 Å². The highest BCUT2D eigenvalue weighted by molar-refractivity contribution is 6.18. The Labute approximate surface area is 103 Å². The standard InChI is InChI=1S/C10H11ClN2O4/c11-4-5-17-7-10(14)12-8-2-1-3-9(6-8)13(15)16/h1-3,6H,4-5,7H2,(H,12,14). The molecular formula is C10H11ClN2O4. The predicted molar refractivity (Wildman–Crippen MR) is 63.3 cm³/mol. The lowest BCUT2D eigenvalue weighted by Crippen LogP contribution is -2.18. The van der Waals surface area contributed by atoms with Crippen LogP contribution in [0, 0.1) is 10.1 Å². The molecule has 0 aromatic heterocycles. The monoisotopic (exact) mass is 258 g/mol. The third-order valence-electron chi connectivity index (χ3n) is 1.80. The topological polar surface area (TPSA) is 81.5 Å². The van der Waals surface area contributed by atoms with Crippen molar-refractivity contribution in [3.8, 4) is 0 Å². The van der Waals surface area contributed by atoms with E-state index in [1.54, 1.807) is 6.07 Å². The maximum atomic E-state index is 11.3. The minimum absolute atomic E-state index is 0.0792. The van der Waals surface area contributed by atoms with E-state index in [2.05, 4.69) is 5.32 Å². The number of nitro benzene ring substituents is 1. The molecule has 1 amide bonds. The number of nitro groups is 1. The van der Waals surface area contributed by atoms with E-state index < -0.39 is 4.92 Å². The third-order valence-corrected chi connectivity index (χ3v) is 1.95. The molecule has 92 valence electrons. The number of hydrogen-bond acceptors (Lipinski definition) is 4. The van der Waals surface area contributed by atoms with Crippen LogP contribution in [0.2, 0.25) is 0 Å². The maximum absolute atomic E-state index is 11.3. The SMILES string of the molecule is O=C(COCCCl)Nc1cccc([N+](=O)[O-])c1. The molecule has 0 heterocycles. The summed E-state index contributed by atoms with van der Waals surface area (Å²) in [5.41, 5.74) is 0.281. The smallest absolute Gasteiger partial charge is 0.271 e. The molecule has 0 saturated heterocycles. The van der Waals surface area contributed by atoms with Gasteiger partial charge in [0.05, 0.1) is 11.5 Å². The van der Waals surface area contributed by atoms with Gasteiger partial charge in [-0.05, 0) is 6.07 Å². The fourth-order valence-electron chi connectivity index (χ4n) is 1.11. The van der Waals surface area contributed by atoms with E-state index in [-0.39, 0.29) is 24.8 Å². The summed E-state index contributed by atoms with van der Waals surface area (Å²) in [7, 11) is 0. The molecule has 6 nitrogen and oxygen atoms in total. The quantitative estimate of drug-likeness (QED) is 0.365. The summed E-state index contributed by atoms with van der Waals surface area (Å²) in [5, 5.41) is 13.0. The van der Waals surface area contributed by atoms with Crippen molar-refractivity contribution in [1.29, 1.82) is 0 Å². The van der Waals surface area contributed by atoms with Crippen LogP contribution < -0.4 is 5.32 Å². The highest BCUT2D eigenvalue weighted by Gasteiger charge is 2.07. The highest BCUT2D eigenvalue weighted by atomic mass is 35.5. The number of ether oxygens (including phenoxy) is 1. The first kappa shape index (κ1) is 13.4. The fraction of sp³-hybridized carbons (Fsp3) is 0.300. The average molecular weight is 259 g/mol. The lowest BCUT2D eigenvalue weighted by Gasteiger charge is -2.05. The van der Waals surface area contributed by atoms with Crippen molar-refractivity contribution in [2.75, 3.05) is 24.4 Å². The van der Waals surface area contributed by atoms with Crippen LogP contribution in [0.4, 0.5) is 11.4 Å². The van der Waals surface area contributed by atoms with Crippen molar-refractivity contribution >= 4 is 28.9 Å². The molecule has 7 heteroatoms. The number of alkyl halides is 1. The molecule has 0 saturated carbocycles. The van der Waals surface area contributed by atoms with Gasteiger partial charge in [0, 0.05) is 23.7 Å². The van der Waals surface area contributed by atoms with Crippen LogP contribution in [-0.4, -0.2) is 29.9 Å². The molecule has 0 aliphatic carbocycles. The van der Waals surface area contributed by atoms with Gasteiger partial charge >= 0.3 is 0 Å². The fourth-order valence-corrected chi connectivity index (χ4v) is 1.22. The number of anilines is 1. The Hall–Kier alpha value is -1.66. The van der Waals surface area contributed by atoms with Gasteiger partial charge in [-0.1, -0.05) is 6.07 Å². The van der Waals surface area contributed by atoms with E-state index in [1.165, 1.54) is 18.2 Å². The number of non-ortho nitro benzene ring substituents is 1. The second kappa shape index (κ2) is 6.82. The second-order valence-corrected chi connectivity index (χ2v) is 3.48. The third kappa shape index (κ3) is 4.80. The van der Waals surface area contributed by atoms with E-state index >= 15 is 0 Å². The summed E-state index contributed by atoms with van der Waals surface area (Å²) in [6.07, 6.45) is 0. The van der Waals surface area contributed by atoms with Gasteiger partial charge in [-0.2, -0.15) is 0 Å². The first-order valence-corrected chi connectivity index (χ1v) is 5.35. The van der Waals surface area contributed by atoms with Gasteiger partial charge in [-0.15, -0.1) is 11.6 Å². The van der Waals surface area contributed by atoms with Crippen molar-refractivity contribution < 1.29 is 14.5 Å². The van der Waals surface area contributed by atoms with E-state index in [0.29, 0.717) is 11.6 Å². The highest BCUT2D eigenvalue weighted by Crippen LogP contribution is 2.16. The zero-order valence-corrected chi connectivity index (χ0v) is 9.64. The molecule has 1 rings (SSSR count). The van der Waals surface area contributed by atoms with Gasteiger partial charge in [-0.3, -0.25) is 14.9 Å². The molecule has 1 aromatic carbocycles. The summed E-state index contributed by atoms with van der Waals surface area (Å²) < 4.78 is 4.92. The van der Waals surface area contributed by atoms with E-state index in [4.69, 9.17) is 16.3 Å². The molecule has 0 radical (unpaired) electrons. The Morgan fingerprint density at radius 2 is 2.29 bits per heavy atom. The van der Waals surface area contributed by atoms with Crippen LogP contribution >= 0.6 is 11.6 Å². The van der Waals surface area contributed by atoms with Crippen molar-refractivity contribution in [2.24, 2.45) is 0 Å². The summed E-state index contributed by atoms with van der Waals surface area (Å²) in [6, 6.07) is 5.68. The van der Waals surface area contributed by atoms with Gasteiger partial charge in [0.2, 0.25) is 5.91 Å². The van der Waals surface area contributed by atoms with Crippen LogP contribution in [0.15, 0.2) is 24.3 Å². The first-order valence-electron chi connectivity index (χ1n) is 4.81. The minimum Gasteiger partial charge on any atom is -0.370 e. The summed E-state index contributed by atoms with van der Waals surface area (Å²) >= 11 is 5.37. The van der Waals surface area contributed by atoms with Gasteiger partial charge in [0.25, 0.3) is 5.69 Å². The Morgan fingerprint density at radius 1 is 1.53 bits per heavy atom. The van der Waals surface area contributed by atoms with Crippen molar-refractivity contribution in [3.05, 3.63) is 34.4 Å². The number of hydrogen-bond donors (Lipinski definition) is 1. The molecule has 0 spiro atoms. The molecule has 1 aromatic rings. The lowest BCUT2D eigenvalue weighted by molar-refractivity contribution is -0.384. The molecular weight excluding hydrogens is 248 g/mol. The predicted octanol–water partition coefficient (Wildman–Crippen LogP) is 1.79. The van der Waals surface area contributed by atoms with Crippen LogP contribution in [0.1, 0.15) is 0 Å². The summed E-state index contributed by atoms with van der Waals surface area (Å²) in [5.74, 6) is -0.0694. The number of carbonyl (C=O) groups excluding carboxylic acids is 1. The summed E-state index contributed by atoms with van der Waals surface area (Å²) in [6.45, 7) is 0.152. The molecule has 0 bridgehead atoms. The number of amides is 1. The molecule has 0 atom stereocenters. The molecule has 0 unspecified atom stereocenters. The zero-order valence-electron chi connectivity index (χ0n) is 8.89. The molecule has 0 aliphatic rings. The van der Waals surface area contributed by atoms with Gasteiger partial charge < -0.3 is 10.1 Å². The normalized spacial score (nSPS) is 9.94. The molecule has 0 fully saturated rings. The van der Waals surface area contributed by atoms with Crippen molar-refractivity contribution in [3.63, 3.8) is 0 Å². The molecule has 0 aliphatic heterocycles. The van der Waals surface area contributed by atoms with Crippen LogP contribution in [0.5, 0.6) is 0 Å². The van der Waals surface area contributed by atoms with E-state index in [9.17, 15) is 14.9 Å². The lowest BCUT2D eigenvalue weighted by atomic mass is 10.3. The van der Waals surface area contributed by atoms with Crippen molar-refractivity contribution in [2.45, 2.75) is 0 Å². The van der Waals surface area contributed by atoms with Gasteiger partial charge in [0.15, 0.2) is 0 Å².